The Balaban J connectivity index is 1.81. The third-order valence-electron chi connectivity index (χ3n) is 6.15. The number of ether oxygens (including phenoxy) is 1. The second-order valence-corrected chi connectivity index (χ2v) is 11.9. The molecule has 1 aromatic heterocycles. The average Bonchev–Trinajstić information content (AvgIpc) is 2.67. The molecule has 2 heterocycles. The summed E-state index contributed by atoms with van der Waals surface area (Å²) in [4.78, 5) is 4.87. The van der Waals surface area contributed by atoms with E-state index in [0.29, 0.717) is 0 Å². The summed E-state index contributed by atoms with van der Waals surface area (Å²) in [5, 5.41) is 4.88. The zero-order valence-corrected chi connectivity index (χ0v) is 20.4. The van der Waals surface area contributed by atoms with E-state index in [0.717, 1.165) is 41.0 Å². The SMILES string of the molecule is Cc1ccc2cc3c(c(CC(C)(C)C)c2c1)Oc1cc(CC(C)(C)C)cc2ccnc-3c12. The second kappa shape index (κ2) is 7.07. The predicted molar refractivity (Wildman–Crippen MR) is 136 cm³/mol. The van der Waals surface area contributed by atoms with E-state index >= 15 is 0 Å². The van der Waals surface area contributed by atoms with Crippen molar-refractivity contribution in [3.8, 4) is 22.8 Å². The number of fused-ring (bicyclic) bond motifs is 3. The van der Waals surface area contributed by atoms with Crippen molar-refractivity contribution in [3.63, 3.8) is 0 Å². The number of hydrogen-bond donors (Lipinski definition) is 0. The molecule has 0 atom stereocenters. The van der Waals surface area contributed by atoms with Gasteiger partial charge in [-0.05, 0) is 70.5 Å². The van der Waals surface area contributed by atoms with Gasteiger partial charge in [0.1, 0.15) is 11.5 Å². The Bertz CT molecular complexity index is 1370. The van der Waals surface area contributed by atoms with Crippen LogP contribution in [0.1, 0.15) is 58.2 Å². The van der Waals surface area contributed by atoms with E-state index < -0.39 is 0 Å². The van der Waals surface area contributed by atoms with E-state index in [1.807, 2.05) is 6.20 Å². The van der Waals surface area contributed by atoms with Gasteiger partial charge in [0.05, 0.1) is 11.1 Å². The van der Waals surface area contributed by atoms with E-state index in [1.165, 1.54) is 32.8 Å². The smallest absolute Gasteiger partial charge is 0.140 e. The van der Waals surface area contributed by atoms with Crippen LogP contribution >= 0.6 is 0 Å². The number of rotatable bonds is 2. The van der Waals surface area contributed by atoms with Crippen molar-refractivity contribution < 1.29 is 4.74 Å². The highest BCUT2D eigenvalue weighted by Gasteiger charge is 2.28. The summed E-state index contributed by atoms with van der Waals surface area (Å²) < 4.78 is 6.79. The monoisotopic (exact) mass is 423 g/mol. The van der Waals surface area contributed by atoms with Crippen LogP contribution in [0.15, 0.2) is 48.7 Å². The van der Waals surface area contributed by atoms with Gasteiger partial charge in [-0.1, -0.05) is 71.4 Å². The fourth-order valence-electron chi connectivity index (χ4n) is 5.01. The molecule has 0 saturated heterocycles. The number of aromatic nitrogens is 1. The number of pyridine rings is 1. The molecule has 3 aromatic carbocycles. The first-order valence-electron chi connectivity index (χ1n) is 11.6. The van der Waals surface area contributed by atoms with Gasteiger partial charge in [0.25, 0.3) is 0 Å². The molecule has 0 fully saturated rings. The Hall–Kier alpha value is -2.87. The summed E-state index contributed by atoms with van der Waals surface area (Å²) in [5.74, 6) is 1.93. The highest BCUT2D eigenvalue weighted by Crippen LogP contribution is 2.50. The van der Waals surface area contributed by atoms with Gasteiger partial charge >= 0.3 is 0 Å². The molecule has 0 aliphatic carbocycles. The minimum absolute atomic E-state index is 0.142. The third kappa shape index (κ3) is 3.77. The minimum Gasteiger partial charge on any atom is -0.456 e. The average molecular weight is 424 g/mol. The van der Waals surface area contributed by atoms with E-state index in [9.17, 15) is 0 Å². The maximum Gasteiger partial charge on any atom is 0.140 e. The van der Waals surface area contributed by atoms with Crippen LogP contribution in [0.25, 0.3) is 32.8 Å². The van der Waals surface area contributed by atoms with Crippen molar-refractivity contribution in [3.05, 3.63) is 65.4 Å². The molecule has 0 saturated carbocycles. The van der Waals surface area contributed by atoms with Crippen LogP contribution < -0.4 is 4.74 Å². The van der Waals surface area contributed by atoms with Crippen LogP contribution in [-0.4, -0.2) is 4.98 Å². The molecule has 1 aliphatic heterocycles. The molecule has 0 bridgehead atoms. The zero-order valence-electron chi connectivity index (χ0n) is 20.4. The minimum atomic E-state index is 0.142. The van der Waals surface area contributed by atoms with Gasteiger partial charge in [-0.2, -0.15) is 0 Å². The standard InChI is InChI=1S/C30H33NO/c1-18-8-9-20-15-23-27-26-21(10-11-31-27)13-19(16-29(2,3)4)14-25(26)32-28(23)24(22(20)12-18)17-30(5,6)7/h8-15H,16-17H2,1-7H3. The van der Waals surface area contributed by atoms with Crippen LogP contribution in [0.4, 0.5) is 0 Å². The van der Waals surface area contributed by atoms with Gasteiger partial charge in [-0.3, -0.25) is 4.98 Å². The molecule has 0 amide bonds. The maximum atomic E-state index is 6.79. The van der Waals surface area contributed by atoms with Crippen molar-refractivity contribution in [2.24, 2.45) is 10.8 Å². The summed E-state index contributed by atoms with van der Waals surface area (Å²) >= 11 is 0. The molecule has 5 rings (SSSR count). The quantitative estimate of drug-likeness (QED) is 0.283. The van der Waals surface area contributed by atoms with Crippen molar-refractivity contribution in [2.75, 3.05) is 0 Å². The summed E-state index contributed by atoms with van der Waals surface area (Å²) in [6, 6.07) is 15.7. The first kappa shape index (κ1) is 21.0. The Morgan fingerprint density at radius 1 is 0.812 bits per heavy atom. The lowest BCUT2D eigenvalue weighted by atomic mass is 9.83. The van der Waals surface area contributed by atoms with E-state index in [1.54, 1.807) is 0 Å². The molecule has 32 heavy (non-hydrogen) atoms. The van der Waals surface area contributed by atoms with Crippen LogP contribution in [0.3, 0.4) is 0 Å². The first-order valence-corrected chi connectivity index (χ1v) is 11.6. The lowest BCUT2D eigenvalue weighted by Crippen LogP contribution is -2.13. The Morgan fingerprint density at radius 3 is 2.28 bits per heavy atom. The lowest BCUT2D eigenvalue weighted by molar-refractivity contribution is 0.398. The summed E-state index contributed by atoms with van der Waals surface area (Å²) in [5.41, 5.74) is 6.39. The molecular weight excluding hydrogens is 390 g/mol. The topological polar surface area (TPSA) is 22.1 Å². The molecule has 0 radical (unpaired) electrons. The molecule has 164 valence electrons. The molecule has 1 aliphatic rings. The van der Waals surface area contributed by atoms with Gasteiger partial charge in [0.15, 0.2) is 0 Å². The van der Waals surface area contributed by atoms with Crippen molar-refractivity contribution in [1.29, 1.82) is 0 Å². The normalized spacial score (nSPS) is 13.3. The number of hydrogen-bond acceptors (Lipinski definition) is 2. The Morgan fingerprint density at radius 2 is 1.56 bits per heavy atom. The van der Waals surface area contributed by atoms with Gasteiger partial charge < -0.3 is 4.74 Å². The van der Waals surface area contributed by atoms with Crippen molar-refractivity contribution in [2.45, 2.75) is 61.3 Å². The molecule has 0 unspecified atom stereocenters. The molecule has 2 heteroatoms. The van der Waals surface area contributed by atoms with Gasteiger partial charge in [-0.25, -0.2) is 0 Å². The lowest BCUT2D eigenvalue weighted by Gasteiger charge is -2.28. The van der Waals surface area contributed by atoms with E-state index in [4.69, 9.17) is 9.72 Å². The highest BCUT2D eigenvalue weighted by atomic mass is 16.5. The summed E-state index contributed by atoms with van der Waals surface area (Å²) in [6.07, 6.45) is 3.90. The summed E-state index contributed by atoms with van der Waals surface area (Å²) in [7, 11) is 0. The second-order valence-electron chi connectivity index (χ2n) is 11.9. The molecule has 2 nitrogen and oxygen atoms in total. The zero-order chi connectivity index (χ0) is 22.8. The largest absolute Gasteiger partial charge is 0.456 e. The Kier molecular flexibility index (Phi) is 4.64. The molecule has 0 N–H and O–H groups in total. The predicted octanol–water partition coefficient (Wildman–Crippen LogP) is 8.65. The van der Waals surface area contributed by atoms with Crippen molar-refractivity contribution >= 4 is 21.5 Å². The summed E-state index contributed by atoms with van der Waals surface area (Å²) in [6.45, 7) is 15.9. The van der Waals surface area contributed by atoms with E-state index in [2.05, 4.69) is 90.9 Å². The van der Waals surface area contributed by atoms with Gasteiger partial charge in [0, 0.05) is 17.3 Å². The van der Waals surface area contributed by atoms with Gasteiger partial charge in [-0.15, -0.1) is 0 Å². The fourth-order valence-corrected chi connectivity index (χ4v) is 5.01. The van der Waals surface area contributed by atoms with Crippen LogP contribution in [-0.2, 0) is 12.8 Å². The highest BCUT2D eigenvalue weighted by molar-refractivity contribution is 6.06. The van der Waals surface area contributed by atoms with E-state index in [-0.39, 0.29) is 10.8 Å². The molecular formula is C30H33NO. The molecule has 4 aromatic rings. The number of benzene rings is 3. The van der Waals surface area contributed by atoms with Crippen LogP contribution in [0, 0.1) is 17.8 Å². The molecule has 0 spiro atoms. The fraction of sp³-hybridized carbons (Fsp3) is 0.367. The number of aryl methyl sites for hydroxylation is 1. The Labute approximate surface area is 191 Å². The van der Waals surface area contributed by atoms with Crippen LogP contribution in [0.2, 0.25) is 0 Å². The third-order valence-corrected chi connectivity index (χ3v) is 6.15. The number of nitrogens with zero attached hydrogens (tertiary/aromatic N) is 1. The van der Waals surface area contributed by atoms with Gasteiger partial charge in [0.2, 0.25) is 0 Å². The van der Waals surface area contributed by atoms with Crippen molar-refractivity contribution in [1.82, 2.24) is 4.98 Å². The van der Waals surface area contributed by atoms with Crippen LogP contribution in [0.5, 0.6) is 11.5 Å². The maximum absolute atomic E-state index is 6.79. The first-order chi connectivity index (χ1) is 15.0.